The summed E-state index contributed by atoms with van der Waals surface area (Å²) in [5, 5.41) is 4.74. The van der Waals surface area contributed by atoms with Gasteiger partial charge in [-0.05, 0) is 43.0 Å². The van der Waals surface area contributed by atoms with E-state index in [0.29, 0.717) is 12.6 Å². The number of nitrogens with zero attached hydrogens (tertiary/aromatic N) is 1. The molecular formula is C18H24N2O. The van der Waals surface area contributed by atoms with Crippen LogP contribution in [0, 0.1) is 5.92 Å². The van der Waals surface area contributed by atoms with Crippen LogP contribution < -0.4 is 10.1 Å². The van der Waals surface area contributed by atoms with E-state index in [2.05, 4.69) is 23.3 Å². The van der Waals surface area contributed by atoms with Gasteiger partial charge < -0.3 is 10.1 Å². The Morgan fingerprint density at radius 2 is 2.10 bits per heavy atom. The summed E-state index contributed by atoms with van der Waals surface area (Å²) in [7, 11) is 0. The lowest BCUT2D eigenvalue weighted by Crippen LogP contribution is -2.39. The third-order valence-electron chi connectivity index (χ3n) is 4.48. The van der Waals surface area contributed by atoms with Crippen molar-refractivity contribution in [2.75, 3.05) is 13.2 Å². The summed E-state index contributed by atoms with van der Waals surface area (Å²) in [5.41, 5.74) is 0.990. The van der Waals surface area contributed by atoms with Crippen LogP contribution in [-0.2, 0) is 0 Å². The number of hydrogen-bond donors (Lipinski definition) is 1. The van der Waals surface area contributed by atoms with E-state index in [1.807, 2.05) is 30.5 Å². The van der Waals surface area contributed by atoms with Crippen LogP contribution in [0.4, 0.5) is 0 Å². The Balaban J connectivity index is 1.52. The minimum Gasteiger partial charge on any atom is -0.492 e. The third kappa shape index (κ3) is 3.53. The van der Waals surface area contributed by atoms with Gasteiger partial charge in [-0.15, -0.1) is 0 Å². The summed E-state index contributed by atoms with van der Waals surface area (Å²) in [6, 6.07) is 10.7. The number of ether oxygens (including phenoxy) is 1. The highest BCUT2D eigenvalue weighted by atomic mass is 16.5. The molecule has 0 amide bonds. The molecule has 1 aliphatic rings. The minimum absolute atomic E-state index is 0.663. The summed E-state index contributed by atoms with van der Waals surface area (Å²) in [5.74, 6) is 1.72. The van der Waals surface area contributed by atoms with Crippen molar-refractivity contribution in [3.63, 3.8) is 0 Å². The minimum atomic E-state index is 0.663. The van der Waals surface area contributed by atoms with E-state index >= 15 is 0 Å². The zero-order chi connectivity index (χ0) is 14.5. The molecule has 0 aliphatic heterocycles. The predicted octanol–water partition coefficient (Wildman–Crippen LogP) is 3.78. The monoisotopic (exact) mass is 284 g/mol. The molecule has 1 aliphatic carbocycles. The maximum Gasteiger partial charge on any atom is 0.128 e. The molecular weight excluding hydrogens is 260 g/mol. The molecule has 1 aromatic heterocycles. The van der Waals surface area contributed by atoms with Crippen LogP contribution in [0.2, 0.25) is 0 Å². The highest BCUT2D eigenvalue weighted by molar-refractivity contribution is 5.84. The number of benzene rings is 1. The van der Waals surface area contributed by atoms with E-state index in [0.717, 1.165) is 29.1 Å². The molecule has 0 bridgehead atoms. The van der Waals surface area contributed by atoms with Gasteiger partial charge in [0.1, 0.15) is 12.4 Å². The maximum atomic E-state index is 5.94. The number of pyridine rings is 1. The SMILES string of the molecule is CC1CCCCC1NCCOc1cccc2ncccc12. The summed E-state index contributed by atoms with van der Waals surface area (Å²) in [6.45, 7) is 3.97. The van der Waals surface area contributed by atoms with E-state index in [-0.39, 0.29) is 0 Å². The van der Waals surface area contributed by atoms with Crippen molar-refractivity contribution in [3.05, 3.63) is 36.5 Å². The third-order valence-corrected chi connectivity index (χ3v) is 4.48. The second kappa shape index (κ2) is 6.90. The molecule has 112 valence electrons. The second-order valence-electron chi connectivity index (χ2n) is 6.00. The molecule has 3 rings (SSSR count). The summed E-state index contributed by atoms with van der Waals surface area (Å²) in [6.07, 6.45) is 7.22. The Labute approximate surface area is 126 Å². The zero-order valence-electron chi connectivity index (χ0n) is 12.7. The first-order valence-electron chi connectivity index (χ1n) is 8.04. The van der Waals surface area contributed by atoms with Gasteiger partial charge in [-0.25, -0.2) is 0 Å². The molecule has 1 fully saturated rings. The van der Waals surface area contributed by atoms with Crippen molar-refractivity contribution in [1.29, 1.82) is 0 Å². The van der Waals surface area contributed by atoms with E-state index < -0.39 is 0 Å². The first-order valence-corrected chi connectivity index (χ1v) is 8.04. The quantitative estimate of drug-likeness (QED) is 0.848. The van der Waals surface area contributed by atoms with E-state index in [1.165, 1.54) is 25.7 Å². The molecule has 0 saturated heterocycles. The van der Waals surface area contributed by atoms with Crippen LogP contribution in [0.15, 0.2) is 36.5 Å². The van der Waals surface area contributed by atoms with Crippen LogP contribution >= 0.6 is 0 Å². The number of nitrogens with one attached hydrogen (secondary N) is 1. The molecule has 21 heavy (non-hydrogen) atoms. The zero-order valence-corrected chi connectivity index (χ0v) is 12.7. The number of aromatic nitrogens is 1. The fraction of sp³-hybridized carbons (Fsp3) is 0.500. The lowest BCUT2D eigenvalue weighted by atomic mass is 9.86. The van der Waals surface area contributed by atoms with Gasteiger partial charge in [-0.1, -0.05) is 25.8 Å². The van der Waals surface area contributed by atoms with Crippen LogP contribution in [0.3, 0.4) is 0 Å². The predicted molar refractivity (Wildman–Crippen MR) is 86.7 cm³/mol. The Bertz CT molecular complexity index is 579. The Morgan fingerprint density at radius 3 is 3.00 bits per heavy atom. The van der Waals surface area contributed by atoms with E-state index in [1.54, 1.807) is 0 Å². The lowest BCUT2D eigenvalue weighted by molar-refractivity contribution is 0.252. The average Bonchev–Trinajstić information content (AvgIpc) is 2.53. The normalized spacial score (nSPS) is 22.3. The van der Waals surface area contributed by atoms with Gasteiger partial charge in [0.25, 0.3) is 0 Å². The first-order chi connectivity index (χ1) is 10.3. The second-order valence-corrected chi connectivity index (χ2v) is 6.00. The van der Waals surface area contributed by atoms with Crippen molar-refractivity contribution in [2.45, 2.75) is 38.6 Å². The van der Waals surface area contributed by atoms with Gasteiger partial charge in [-0.3, -0.25) is 4.98 Å². The molecule has 0 radical (unpaired) electrons. The standard InChI is InChI=1S/C18H24N2O/c1-14-6-2-3-8-16(14)20-12-13-21-18-10-4-9-17-15(18)7-5-11-19-17/h4-5,7,9-11,14,16,20H,2-3,6,8,12-13H2,1H3. The topological polar surface area (TPSA) is 34.1 Å². The smallest absolute Gasteiger partial charge is 0.128 e. The van der Waals surface area contributed by atoms with Crippen LogP contribution in [0.5, 0.6) is 5.75 Å². The van der Waals surface area contributed by atoms with Gasteiger partial charge in [0.2, 0.25) is 0 Å². The molecule has 2 aromatic rings. The van der Waals surface area contributed by atoms with Gasteiger partial charge in [0.05, 0.1) is 5.52 Å². The fourth-order valence-corrected chi connectivity index (χ4v) is 3.23. The molecule has 3 nitrogen and oxygen atoms in total. The Kier molecular flexibility index (Phi) is 4.71. The van der Waals surface area contributed by atoms with Crippen molar-refractivity contribution in [1.82, 2.24) is 10.3 Å². The van der Waals surface area contributed by atoms with Crippen LogP contribution in [0.1, 0.15) is 32.6 Å². The number of fused-ring (bicyclic) bond motifs is 1. The van der Waals surface area contributed by atoms with Gasteiger partial charge in [-0.2, -0.15) is 0 Å². The highest BCUT2D eigenvalue weighted by Crippen LogP contribution is 2.24. The molecule has 1 heterocycles. The Morgan fingerprint density at radius 1 is 1.19 bits per heavy atom. The molecule has 2 unspecified atom stereocenters. The average molecular weight is 284 g/mol. The first kappa shape index (κ1) is 14.3. The molecule has 1 N–H and O–H groups in total. The van der Waals surface area contributed by atoms with Crippen molar-refractivity contribution >= 4 is 10.9 Å². The number of rotatable bonds is 5. The largest absolute Gasteiger partial charge is 0.492 e. The van der Waals surface area contributed by atoms with Crippen LogP contribution in [0.25, 0.3) is 10.9 Å². The molecule has 3 heteroatoms. The van der Waals surface area contributed by atoms with E-state index in [4.69, 9.17) is 4.74 Å². The van der Waals surface area contributed by atoms with Gasteiger partial charge in [0.15, 0.2) is 0 Å². The van der Waals surface area contributed by atoms with E-state index in [9.17, 15) is 0 Å². The molecule has 2 atom stereocenters. The molecule has 0 spiro atoms. The molecule has 1 saturated carbocycles. The van der Waals surface area contributed by atoms with Crippen molar-refractivity contribution in [3.8, 4) is 5.75 Å². The number of hydrogen-bond acceptors (Lipinski definition) is 3. The molecule has 1 aromatic carbocycles. The maximum absolute atomic E-state index is 5.94. The van der Waals surface area contributed by atoms with Crippen molar-refractivity contribution in [2.24, 2.45) is 5.92 Å². The summed E-state index contributed by atoms with van der Waals surface area (Å²) in [4.78, 5) is 4.36. The summed E-state index contributed by atoms with van der Waals surface area (Å²) < 4.78 is 5.94. The highest BCUT2D eigenvalue weighted by Gasteiger charge is 2.20. The van der Waals surface area contributed by atoms with Gasteiger partial charge in [0, 0.05) is 24.2 Å². The summed E-state index contributed by atoms with van der Waals surface area (Å²) >= 11 is 0. The lowest BCUT2D eigenvalue weighted by Gasteiger charge is -2.29. The van der Waals surface area contributed by atoms with Gasteiger partial charge >= 0.3 is 0 Å². The van der Waals surface area contributed by atoms with Crippen LogP contribution in [-0.4, -0.2) is 24.2 Å². The van der Waals surface area contributed by atoms with Crippen molar-refractivity contribution < 1.29 is 4.74 Å². The fourth-order valence-electron chi connectivity index (χ4n) is 3.23. The Hall–Kier alpha value is -1.61.